The van der Waals surface area contributed by atoms with Gasteiger partial charge in [0.05, 0.1) is 6.10 Å². The van der Waals surface area contributed by atoms with E-state index in [0.29, 0.717) is 18.2 Å². The lowest BCUT2D eigenvalue weighted by Gasteiger charge is -2.37. The summed E-state index contributed by atoms with van der Waals surface area (Å²) in [4.78, 5) is 0. The first-order chi connectivity index (χ1) is 7.28. The lowest BCUT2D eigenvalue weighted by atomic mass is 9.88. The highest BCUT2D eigenvalue weighted by atomic mass is 16.5. The lowest BCUT2D eigenvalue weighted by molar-refractivity contribution is 0.0165. The van der Waals surface area contributed by atoms with Gasteiger partial charge in [-0.3, -0.25) is 0 Å². The summed E-state index contributed by atoms with van der Waals surface area (Å²) < 4.78 is 5.27. The highest BCUT2D eigenvalue weighted by Crippen LogP contribution is 2.22. The van der Waals surface area contributed by atoms with Crippen molar-refractivity contribution in [3.8, 4) is 0 Å². The van der Waals surface area contributed by atoms with Crippen molar-refractivity contribution in [2.75, 3.05) is 20.2 Å². The largest absolute Gasteiger partial charge is 0.381 e. The Morgan fingerprint density at radius 3 is 2.80 bits per heavy atom. The van der Waals surface area contributed by atoms with Crippen molar-refractivity contribution in [2.45, 2.75) is 50.8 Å². The molecule has 0 radical (unpaired) electrons. The predicted octanol–water partition coefficient (Wildman–Crippen LogP) is 1.14. The molecule has 2 aliphatic rings. The molecule has 2 fully saturated rings. The summed E-state index contributed by atoms with van der Waals surface area (Å²) in [5.74, 6) is 0.895. The molecule has 1 heterocycles. The molecular weight excluding hydrogens is 188 g/mol. The highest BCUT2D eigenvalue weighted by molar-refractivity contribution is 4.88. The molecule has 15 heavy (non-hydrogen) atoms. The minimum absolute atomic E-state index is 0.515. The van der Waals surface area contributed by atoms with Crippen molar-refractivity contribution in [3.63, 3.8) is 0 Å². The third-order valence-electron chi connectivity index (χ3n) is 3.84. The van der Waals surface area contributed by atoms with Crippen LogP contribution in [0.3, 0.4) is 0 Å². The zero-order valence-corrected chi connectivity index (χ0v) is 9.96. The van der Waals surface area contributed by atoms with Gasteiger partial charge in [-0.05, 0) is 38.1 Å². The Morgan fingerprint density at radius 1 is 1.33 bits per heavy atom. The second-order valence-electron chi connectivity index (χ2n) is 5.21. The summed E-state index contributed by atoms with van der Waals surface area (Å²) in [5.41, 5.74) is 0. The van der Waals surface area contributed by atoms with Gasteiger partial charge in [-0.1, -0.05) is 6.92 Å². The molecule has 2 rings (SSSR count). The van der Waals surface area contributed by atoms with Gasteiger partial charge in [-0.25, -0.2) is 0 Å². The summed E-state index contributed by atoms with van der Waals surface area (Å²) in [5, 5.41) is 7.22. The first-order valence-corrected chi connectivity index (χ1v) is 6.27. The monoisotopic (exact) mass is 212 g/mol. The minimum atomic E-state index is 0.515. The maximum Gasteiger partial charge on any atom is 0.0601 e. The molecule has 1 aliphatic heterocycles. The molecule has 1 saturated heterocycles. The van der Waals surface area contributed by atoms with Gasteiger partial charge >= 0.3 is 0 Å². The maximum atomic E-state index is 5.27. The van der Waals surface area contributed by atoms with Crippen molar-refractivity contribution >= 4 is 0 Å². The van der Waals surface area contributed by atoms with Crippen molar-refractivity contribution in [1.29, 1.82) is 0 Å². The number of methoxy groups -OCH3 is 1. The van der Waals surface area contributed by atoms with Crippen LogP contribution in [0.4, 0.5) is 0 Å². The van der Waals surface area contributed by atoms with Crippen molar-refractivity contribution < 1.29 is 4.74 Å². The summed E-state index contributed by atoms with van der Waals surface area (Å²) in [6.07, 6.45) is 5.57. The van der Waals surface area contributed by atoms with E-state index in [4.69, 9.17) is 4.74 Å². The van der Waals surface area contributed by atoms with E-state index >= 15 is 0 Å². The Kier molecular flexibility index (Phi) is 4.00. The van der Waals surface area contributed by atoms with Crippen LogP contribution in [0, 0.1) is 5.92 Å². The number of nitrogens with one attached hydrogen (secondary N) is 2. The minimum Gasteiger partial charge on any atom is -0.381 e. The maximum absolute atomic E-state index is 5.27. The number of ether oxygens (including phenoxy) is 1. The standard InChI is InChI=1S/C12H24N2O/c1-9-3-4-13-11(5-9)8-14-10-6-12(7-10)15-2/h9-14H,3-8H2,1-2H3. The molecule has 2 atom stereocenters. The van der Waals surface area contributed by atoms with Crippen molar-refractivity contribution in [2.24, 2.45) is 5.92 Å². The second kappa shape index (κ2) is 5.28. The van der Waals surface area contributed by atoms with Gasteiger partial charge in [0, 0.05) is 25.7 Å². The van der Waals surface area contributed by atoms with Gasteiger partial charge in [0.15, 0.2) is 0 Å². The first kappa shape index (κ1) is 11.4. The van der Waals surface area contributed by atoms with E-state index in [0.717, 1.165) is 12.5 Å². The van der Waals surface area contributed by atoms with Gasteiger partial charge in [-0.15, -0.1) is 0 Å². The lowest BCUT2D eigenvalue weighted by Crippen LogP contribution is -2.51. The highest BCUT2D eigenvalue weighted by Gasteiger charge is 2.29. The Labute approximate surface area is 93.0 Å². The summed E-state index contributed by atoms with van der Waals surface area (Å²) >= 11 is 0. The molecule has 0 aromatic carbocycles. The van der Waals surface area contributed by atoms with E-state index in [9.17, 15) is 0 Å². The van der Waals surface area contributed by atoms with Crippen LogP contribution in [0.25, 0.3) is 0 Å². The predicted molar refractivity (Wildman–Crippen MR) is 62.0 cm³/mol. The summed E-state index contributed by atoms with van der Waals surface area (Å²) in [7, 11) is 1.81. The van der Waals surface area contributed by atoms with Gasteiger partial charge in [0.1, 0.15) is 0 Å². The molecule has 0 spiro atoms. The van der Waals surface area contributed by atoms with Gasteiger partial charge in [0.2, 0.25) is 0 Å². The third-order valence-corrected chi connectivity index (χ3v) is 3.84. The van der Waals surface area contributed by atoms with Crippen LogP contribution in [0.2, 0.25) is 0 Å². The Hall–Kier alpha value is -0.120. The van der Waals surface area contributed by atoms with Gasteiger partial charge in [0.25, 0.3) is 0 Å². The molecule has 1 aliphatic carbocycles. The van der Waals surface area contributed by atoms with Crippen LogP contribution in [-0.2, 0) is 4.74 Å². The van der Waals surface area contributed by atoms with Crippen LogP contribution in [0.5, 0.6) is 0 Å². The fraction of sp³-hybridized carbons (Fsp3) is 1.00. The van der Waals surface area contributed by atoms with E-state index in [1.807, 2.05) is 7.11 Å². The van der Waals surface area contributed by atoms with Crippen LogP contribution < -0.4 is 10.6 Å². The Bertz CT molecular complexity index is 192. The fourth-order valence-electron chi connectivity index (χ4n) is 2.61. The average molecular weight is 212 g/mol. The van der Waals surface area contributed by atoms with Crippen molar-refractivity contribution in [3.05, 3.63) is 0 Å². The average Bonchev–Trinajstić information content (AvgIpc) is 2.16. The van der Waals surface area contributed by atoms with E-state index in [-0.39, 0.29) is 0 Å². The molecule has 0 amide bonds. The number of rotatable bonds is 4. The van der Waals surface area contributed by atoms with Gasteiger partial charge in [-0.2, -0.15) is 0 Å². The third kappa shape index (κ3) is 3.16. The van der Waals surface area contributed by atoms with E-state index in [1.54, 1.807) is 0 Å². The normalized spacial score (nSPS) is 41.2. The van der Waals surface area contributed by atoms with E-state index in [2.05, 4.69) is 17.6 Å². The fourth-order valence-corrected chi connectivity index (χ4v) is 2.61. The molecular formula is C12H24N2O. The smallest absolute Gasteiger partial charge is 0.0601 e. The quantitative estimate of drug-likeness (QED) is 0.733. The van der Waals surface area contributed by atoms with Crippen molar-refractivity contribution in [1.82, 2.24) is 10.6 Å². The molecule has 0 aromatic rings. The topological polar surface area (TPSA) is 33.3 Å². The van der Waals surface area contributed by atoms with Gasteiger partial charge < -0.3 is 15.4 Å². The first-order valence-electron chi connectivity index (χ1n) is 6.27. The zero-order chi connectivity index (χ0) is 10.7. The number of piperidine rings is 1. The second-order valence-corrected chi connectivity index (χ2v) is 5.21. The zero-order valence-electron chi connectivity index (χ0n) is 9.96. The van der Waals surface area contributed by atoms with Crippen LogP contribution in [0.15, 0.2) is 0 Å². The molecule has 3 heteroatoms. The van der Waals surface area contributed by atoms with E-state index < -0.39 is 0 Å². The number of hydrogen-bond donors (Lipinski definition) is 2. The number of hydrogen-bond acceptors (Lipinski definition) is 3. The van der Waals surface area contributed by atoms with Crippen LogP contribution in [0.1, 0.15) is 32.6 Å². The Morgan fingerprint density at radius 2 is 2.13 bits per heavy atom. The molecule has 88 valence electrons. The molecule has 3 nitrogen and oxygen atoms in total. The Balaban J connectivity index is 1.58. The van der Waals surface area contributed by atoms with Crippen LogP contribution in [-0.4, -0.2) is 38.4 Å². The summed E-state index contributed by atoms with van der Waals surface area (Å²) in [6, 6.07) is 1.39. The molecule has 1 saturated carbocycles. The molecule has 2 N–H and O–H groups in total. The molecule has 0 aromatic heterocycles. The molecule has 0 bridgehead atoms. The SMILES string of the molecule is COC1CC(NCC2CC(C)CCN2)C1. The summed E-state index contributed by atoms with van der Waals surface area (Å²) in [6.45, 7) is 4.68. The van der Waals surface area contributed by atoms with Crippen LogP contribution >= 0.6 is 0 Å². The van der Waals surface area contributed by atoms with E-state index in [1.165, 1.54) is 32.2 Å². The molecule has 2 unspecified atom stereocenters.